The molecule has 9 N–H and O–H groups in total. The van der Waals surface area contributed by atoms with Gasteiger partial charge in [-0.25, -0.2) is 4.99 Å². The lowest BCUT2D eigenvalue weighted by Crippen LogP contribution is -2.57. The molecule has 0 aromatic heterocycles. The highest BCUT2D eigenvalue weighted by atomic mass is 33.1. The molecular formula is C35H58N6O5S2. The molecule has 0 rings (SSSR count). The highest BCUT2D eigenvalue weighted by Gasteiger charge is 2.37. The van der Waals surface area contributed by atoms with Crippen molar-refractivity contribution in [1.29, 1.82) is 0 Å². The molecule has 0 fully saturated rings. The Kier molecular flexibility index (Phi) is 27.8. The molecule has 0 aliphatic carbocycles. The van der Waals surface area contributed by atoms with Crippen LogP contribution in [0.3, 0.4) is 0 Å². The molecule has 0 aliphatic heterocycles. The number of amides is 3. The van der Waals surface area contributed by atoms with Gasteiger partial charge in [-0.2, -0.15) is 0 Å². The lowest BCUT2D eigenvalue weighted by atomic mass is 10.0. The summed E-state index contributed by atoms with van der Waals surface area (Å²) in [5.41, 5.74) is 10.6. The molecule has 3 amide bonds. The Balaban J connectivity index is 4.29. The van der Waals surface area contributed by atoms with E-state index in [9.17, 15) is 19.5 Å². The minimum Gasteiger partial charge on any atom is -0.394 e. The molecule has 270 valence electrons. The zero-order valence-corrected chi connectivity index (χ0v) is 30.4. The zero-order chi connectivity index (χ0) is 35.9. The van der Waals surface area contributed by atoms with E-state index >= 15 is 0 Å². The zero-order valence-electron chi connectivity index (χ0n) is 28.8. The van der Waals surface area contributed by atoms with E-state index in [-0.39, 0.29) is 25.0 Å². The number of hydrogen-bond donors (Lipinski definition) is 7. The number of rotatable bonds is 27. The van der Waals surface area contributed by atoms with Gasteiger partial charge in [0.25, 0.3) is 0 Å². The molecule has 48 heavy (non-hydrogen) atoms. The fourth-order valence-electron chi connectivity index (χ4n) is 3.73. The van der Waals surface area contributed by atoms with E-state index in [2.05, 4.69) is 94.7 Å². The number of guanidine groups is 1. The van der Waals surface area contributed by atoms with E-state index in [0.717, 1.165) is 38.5 Å². The van der Waals surface area contributed by atoms with Crippen LogP contribution in [0.15, 0.2) is 77.9 Å². The third kappa shape index (κ3) is 26.8. The van der Waals surface area contributed by atoms with E-state index in [1.807, 2.05) is 6.08 Å². The van der Waals surface area contributed by atoms with Gasteiger partial charge in [-0.3, -0.25) is 14.4 Å². The highest BCUT2D eigenvalue weighted by Crippen LogP contribution is 2.38. The van der Waals surface area contributed by atoms with Crippen LogP contribution < -0.4 is 27.4 Å². The summed E-state index contributed by atoms with van der Waals surface area (Å²) >= 11 is 0. The minimum absolute atomic E-state index is 0.0360. The standard InChI is InChI=1S/C35H58N6O5S2/c1-4-5-6-7-8-9-10-11-12-13-14-15-16-17-18-19-20-21-22-23-30(44)38-24-25-47-48-35(2,3)32(33(46)39-26-29(43)28-42)41-31(45)27-40-34(36)37/h5-6,8-9,11-12,14-15,17-18,20-21,29,32,42-43H,4,7,10,13,16,19,22-28H2,1-3H3,(H,38,44)(H,39,46)(H,41,45)(H4,36,37,40)/b6-5-,9-8-,12-11-,15-14-,18-17-,21-20-. The van der Waals surface area contributed by atoms with Gasteiger partial charge in [0.05, 0.1) is 12.7 Å². The average Bonchev–Trinajstić information content (AvgIpc) is 3.05. The molecule has 0 bridgehead atoms. The molecule has 2 unspecified atom stereocenters. The molecule has 0 radical (unpaired) electrons. The van der Waals surface area contributed by atoms with E-state index in [1.165, 1.54) is 21.6 Å². The Hall–Kier alpha value is -3.26. The third-order valence-electron chi connectivity index (χ3n) is 6.31. The molecule has 11 nitrogen and oxygen atoms in total. The highest BCUT2D eigenvalue weighted by molar-refractivity contribution is 8.77. The van der Waals surface area contributed by atoms with Crippen LogP contribution >= 0.6 is 21.6 Å². The predicted octanol–water partition coefficient (Wildman–Crippen LogP) is 3.97. The quantitative estimate of drug-likeness (QED) is 0.0218. The van der Waals surface area contributed by atoms with Crippen molar-refractivity contribution in [2.75, 3.05) is 32.0 Å². The molecule has 2 atom stereocenters. The molecule has 0 aromatic rings. The second-order valence-electron chi connectivity index (χ2n) is 11.1. The first-order valence-corrected chi connectivity index (χ1v) is 18.7. The third-order valence-corrected chi connectivity index (χ3v) is 9.60. The van der Waals surface area contributed by atoms with Crippen LogP contribution in [0.25, 0.3) is 0 Å². The van der Waals surface area contributed by atoms with Gasteiger partial charge < -0.3 is 37.6 Å². The van der Waals surface area contributed by atoms with Crippen molar-refractivity contribution in [3.63, 3.8) is 0 Å². The number of nitrogens with zero attached hydrogens (tertiary/aromatic N) is 1. The van der Waals surface area contributed by atoms with Gasteiger partial charge in [-0.05, 0) is 58.8 Å². The fourth-order valence-corrected chi connectivity index (χ4v) is 6.26. The normalized spacial score (nSPS) is 13.7. The lowest BCUT2D eigenvalue weighted by molar-refractivity contribution is -0.129. The van der Waals surface area contributed by atoms with Crippen LogP contribution in [0.5, 0.6) is 0 Å². The number of allylic oxidation sites excluding steroid dienone is 12. The second-order valence-corrected chi connectivity index (χ2v) is 14.2. The van der Waals surface area contributed by atoms with Crippen LogP contribution in [0.2, 0.25) is 0 Å². The summed E-state index contributed by atoms with van der Waals surface area (Å²) in [7, 11) is 2.83. The van der Waals surface area contributed by atoms with Crippen LogP contribution in [0, 0.1) is 0 Å². The van der Waals surface area contributed by atoms with Gasteiger partial charge in [0, 0.05) is 30.0 Å². The van der Waals surface area contributed by atoms with Gasteiger partial charge >= 0.3 is 0 Å². The van der Waals surface area contributed by atoms with E-state index < -0.39 is 35.3 Å². The Morgan fingerprint density at radius 3 is 1.83 bits per heavy atom. The maximum atomic E-state index is 12.9. The van der Waals surface area contributed by atoms with Crippen molar-refractivity contribution in [2.45, 2.75) is 89.0 Å². The summed E-state index contributed by atoms with van der Waals surface area (Å²) in [6.07, 6.45) is 31.4. The van der Waals surface area contributed by atoms with Crippen LogP contribution in [-0.2, 0) is 14.4 Å². The van der Waals surface area contributed by atoms with E-state index in [1.54, 1.807) is 13.8 Å². The number of aliphatic hydroxyl groups is 2. The SMILES string of the molecule is CC/C=C\C/C=C\C/C=C\C/C=C\C/C=C\C/C=C\CCC(=O)NCCSSC(C)(C)C(NC(=O)CN=C(N)N)C(=O)NCC(O)CO. The second kappa shape index (κ2) is 29.8. The molecule has 13 heteroatoms. The maximum absolute atomic E-state index is 12.9. The predicted molar refractivity (Wildman–Crippen MR) is 203 cm³/mol. The summed E-state index contributed by atoms with van der Waals surface area (Å²) < 4.78 is -0.785. The van der Waals surface area contributed by atoms with Crippen molar-refractivity contribution in [3.8, 4) is 0 Å². The summed E-state index contributed by atoms with van der Waals surface area (Å²) in [4.78, 5) is 41.1. The first-order chi connectivity index (χ1) is 23.0. The number of carbonyl (C=O) groups is 3. The Morgan fingerprint density at radius 2 is 1.33 bits per heavy atom. The number of nitrogens with two attached hydrogens (primary N) is 2. The smallest absolute Gasteiger partial charge is 0.244 e. The van der Waals surface area contributed by atoms with Gasteiger partial charge in [-0.1, -0.05) is 101 Å². The molecule has 0 saturated carbocycles. The van der Waals surface area contributed by atoms with Crippen molar-refractivity contribution in [1.82, 2.24) is 16.0 Å². The van der Waals surface area contributed by atoms with Crippen molar-refractivity contribution in [2.24, 2.45) is 16.5 Å². The monoisotopic (exact) mass is 706 g/mol. The van der Waals surface area contributed by atoms with Crippen molar-refractivity contribution >= 4 is 45.3 Å². The number of aliphatic imine (C=N–C) groups is 1. The molecule has 0 spiro atoms. The number of hydrogen-bond acceptors (Lipinski definition) is 8. The fraction of sp³-hybridized carbons (Fsp3) is 0.543. The molecule has 0 saturated heterocycles. The van der Waals surface area contributed by atoms with Crippen LogP contribution in [0.4, 0.5) is 0 Å². The van der Waals surface area contributed by atoms with E-state index in [4.69, 9.17) is 16.6 Å². The van der Waals surface area contributed by atoms with Gasteiger partial charge in [0.2, 0.25) is 17.7 Å². The largest absolute Gasteiger partial charge is 0.394 e. The Labute approximate surface area is 295 Å². The van der Waals surface area contributed by atoms with Crippen molar-refractivity contribution in [3.05, 3.63) is 72.9 Å². The van der Waals surface area contributed by atoms with Gasteiger partial charge in [-0.15, -0.1) is 0 Å². The molecule has 0 heterocycles. The number of carbonyl (C=O) groups excluding carboxylic acids is 3. The summed E-state index contributed by atoms with van der Waals surface area (Å²) in [6.45, 7) is 5.15. The van der Waals surface area contributed by atoms with Gasteiger partial charge in [0.15, 0.2) is 5.96 Å². The Morgan fingerprint density at radius 1 is 0.812 bits per heavy atom. The first kappa shape index (κ1) is 44.7. The Bertz CT molecular complexity index is 1110. The van der Waals surface area contributed by atoms with Crippen molar-refractivity contribution < 1.29 is 24.6 Å². The molecular weight excluding hydrogens is 649 g/mol. The summed E-state index contributed by atoms with van der Waals surface area (Å²) in [5, 5.41) is 26.7. The molecule has 0 aliphatic rings. The first-order valence-electron chi connectivity index (χ1n) is 16.4. The molecule has 0 aromatic carbocycles. The lowest BCUT2D eigenvalue weighted by Gasteiger charge is -2.33. The average molecular weight is 707 g/mol. The van der Waals surface area contributed by atoms with E-state index in [0.29, 0.717) is 25.1 Å². The number of nitrogens with one attached hydrogen (secondary N) is 3. The topological polar surface area (TPSA) is 192 Å². The van der Waals surface area contributed by atoms with Crippen LogP contribution in [-0.4, -0.2) is 82.8 Å². The van der Waals surface area contributed by atoms with Gasteiger partial charge in [0.1, 0.15) is 12.6 Å². The maximum Gasteiger partial charge on any atom is 0.244 e. The summed E-state index contributed by atoms with van der Waals surface area (Å²) in [5.74, 6) is -0.781. The van der Waals surface area contributed by atoms with Crippen LogP contribution in [0.1, 0.15) is 72.1 Å². The number of aliphatic hydroxyl groups excluding tert-OH is 2. The summed E-state index contributed by atoms with van der Waals surface area (Å²) in [6, 6.07) is -0.987. The minimum atomic E-state index is -1.12.